The van der Waals surface area contributed by atoms with Gasteiger partial charge in [-0.2, -0.15) is 0 Å². The predicted octanol–water partition coefficient (Wildman–Crippen LogP) is 15.5. The van der Waals surface area contributed by atoms with Gasteiger partial charge < -0.3 is 31.9 Å². The van der Waals surface area contributed by atoms with Crippen molar-refractivity contribution in [3.63, 3.8) is 0 Å². The summed E-state index contributed by atoms with van der Waals surface area (Å²) < 4.78 is 46.2. The topological polar surface area (TPSA) is 81.7 Å². The third-order valence-electron chi connectivity index (χ3n) is 11.0. The monoisotopic (exact) mass is 884 g/mol. The van der Waals surface area contributed by atoms with Gasteiger partial charge in [0.1, 0.15) is 40.2 Å². The van der Waals surface area contributed by atoms with Crippen molar-refractivity contribution in [1.82, 2.24) is 0 Å². The summed E-state index contributed by atoms with van der Waals surface area (Å²) in [5.74, 6) is 4.05. The van der Waals surface area contributed by atoms with E-state index < -0.39 is 17.2 Å². The fraction of sp³-hybridized carbons (Fsp3) is 0.302. The van der Waals surface area contributed by atoms with E-state index in [-0.39, 0.29) is 40.8 Å². The highest BCUT2D eigenvalue weighted by Gasteiger charge is 2.31. The molecule has 1 aliphatic rings. The van der Waals surface area contributed by atoms with Crippen molar-refractivity contribution in [2.45, 2.75) is 99.3 Å². The molecule has 0 saturated carbocycles. The largest absolute Gasteiger partial charge is 0.530 e. The number of carbonyl (C=O) groups excluding carboxylic acids is 1. The van der Waals surface area contributed by atoms with Crippen molar-refractivity contribution in [3.05, 3.63) is 171 Å². The number of ketones is 1. The molecule has 0 N–H and O–H groups in total. The quantitative estimate of drug-likeness (QED) is 0.0745. The number of para-hydroxylation sites is 1. The van der Waals surface area contributed by atoms with E-state index in [0.29, 0.717) is 40.1 Å². The van der Waals surface area contributed by atoms with E-state index in [2.05, 4.69) is 116 Å². The molecule has 0 aliphatic carbocycles. The van der Waals surface area contributed by atoms with E-state index in [1.807, 2.05) is 38.1 Å². The Morgan fingerprint density at radius 3 is 1.52 bits per heavy atom. The van der Waals surface area contributed by atoms with E-state index in [4.69, 9.17) is 31.9 Å². The molecule has 1 heterocycles. The summed E-state index contributed by atoms with van der Waals surface area (Å²) >= 11 is 0. The zero-order chi connectivity index (χ0) is 44.9. The normalized spacial score (nSPS) is 12.6. The molecule has 7 rings (SSSR count). The van der Waals surface area contributed by atoms with Gasteiger partial charge in [0, 0.05) is 6.07 Å². The number of ether oxygens (including phenoxy) is 1. The van der Waals surface area contributed by atoms with Crippen LogP contribution in [0.5, 0.6) is 40.2 Å². The van der Waals surface area contributed by atoms with Crippen molar-refractivity contribution < 1.29 is 36.7 Å². The van der Waals surface area contributed by atoms with Crippen LogP contribution in [0.4, 0.5) is 0 Å². The maximum atomic E-state index is 15.0. The summed E-state index contributed by atoms with van der Waals surface area (Å²) in [6.07, 6.45) is 0.734. The first-order chi connectivity index (χ1) is 30.2. The first-order valence-corrected chi connectivity index (χ1v) is 23.8. The van der Waals surface area contributed by atoms with Crippen LogP contribution in [0.25, 0.3) is 0 Å². The third-order valence-corrected chi connectivity index (χ3v) is 13.1. The average molecular weight is 885 g/mol. The zero-order valence-corrected chi connectivity index (χ0v) is 39.9. The maximum Gasteiger partial charge on any atom is 0.530 e. The summed E-state index contributed by atoms with van der Waals surface area (Å²) in [6.45, 7) is 21.1. The molecule has 0 radical (unpaired) electrons. The SMILES string of the molecule is COc1ccc(C(=O)c2ccccc2OP2Oc3cc(ccc3C(C)C)Cc3ccc(C(C)C)c(c3)O2)c(OP(Oc2cc(C)ccc2C(C)C)Oc2cc(C)ccc2C(C)C)c1. The molecule has 10 heteroatoms. The summed E-state index contributed by atoms with van der Waals surface area (Å²) in [6, 6.07) is 37.2. The van der Waals surface area contributed by atoms with Gasteiger partial charge in [0.15, 0.2) is 0 Å². The number of fused-ring (bicyclic) bond motifs is 4. The van der Waals surface area contributed by atoms with Crippen LogP contribution in [0.2, 0.25) is 0 Å². The summed E-state index contributed by atoms with van der Waals surface area (Å²) in [4.78, 5) is 15.0. The molecule has 0 amide bonds. The van der Waals surface area contributed by atoms with Gasteiger partial charge in [-0.1, -0.05) is 116 Å². The third kappa shape index (κ3) is 10.8. The number of aryl methyl sites for hydroxylation is 2. The highest BCUT2D eigenvalue weighted by Crippen LogP contribution is 2.50. The van der Waals surface area contributed by atoms with Crippen LogP contribution in [0.15, 0.2) is 115 Å². The lowest BCUT2D eigenvalue weighted by Crippen LogP contribution is -2.11. The summed E-state index contributed by atoms with van der Waals surface area (Å²) in [5, 5.41) is 0. The molecule has 0 atom stereocenters. The second-order valence-corrected chi connectivity index (χ2v) is 19.3. The smallest absolute Gasteiger partial charge is 0.497 e. The molecule has 6 aromatic carbocycles. The van der Waals surface area contributed by atoms with Crippen LogP contribution in [0.1, 0.15) is 139 Å². The van der Waals surface area contributed by atoms with Gasteiger partial charge in [-0.15, -0.1) is 0 Å². The Balaban J connectivity index is 1.28. The molecule has 4 bridgehead atoms. The Kier molecular flexibility index (Phi) is 14.3. The summed E-state index contributed by atoms with van der Waals surface area (Å²) in [7, 11) is -2.73. The van der Waals surface area contributed by atoms with Crippen molar-refractivity contribution in [1.29, 1.82) is 0 Å². The molecule has 0 fully saturated rings. The maximum absolute atomic E-state index is 15.0. The Bertz CT molecular complexity index is 2460. The van der Waals surface area contributed by atoms with Gasteiger partial charge in [-0.3, -0.25) is 4.79 Å². The number of hydrogen-bond acceptors (Lipinski definition) is 8. The van der Waals surface area contributed by atoms with Crippen LogP contribution in [0, 0.1) is 13.8 Å². The Morgan fingerprint density at radius 1 is 0.540 bits per heavy atom. The average Bonchev–Trinajstić information content (AvgIpc) is 3.23. The number of methoxy groups -OCH3 is 1. The molecule has 328 valence electrons. The molecule has 0 saturated heterocycles. The van der Waals surface area contributed by atoms with Gasteiger partial charge in [-0.25, -0.2) is 0 Å². The fourth-order valence-corrected chi connectivity index (χ4v) is 9.62. The molecular formula is C53H58O8P2. The van der Waals surface area contributed by atoms with E-state index >= 15 is 4.79 Å². The molecule has 63 heavy (non-hydrogen) atoms. The lowest BCUT2D eigenvalue weighted by Gasteiger charge is -2.25. The van der Waals surface area contributed by atoms with Crippen LogP contribution in [-0.2, 0) is 6.42 Å². The van der Waals surface area contributed by atoms with Crippen LogP contribution < -0.4 is 31.9 Å². The van der Waals surface area contributed by atoms with E-state index in [1.165, 1.54) is 0 Å². The standard InChI is InChI=1S/C53H58O8P2/c1-32(2)41-21-16-36(9)26-48(41)57-63(58-49-27-37(10)17-22-42(49)33(3)4)61-52-31-40(55-11)20-25-46(52)53(54)45-14-12-13-15-47(45)56-62-59-50-29-38(18-23-43(50)34(5)6)28-39-19-24-44(35(7)8)51(30-39)60-62/h12-27,29-35H,28H2,1-11H3. The van der Waals surface area contributed by atoms with Crippen LogP contribution in [0.3, 0.4) is 0 Å². The molecular weight excluding hydrogens is 827 g/mol. The lowest BCUT2D eigenvalue weighted by atomic mass is 9.95. The first kappa shape index (κ1) is 45.5. The number of carbonyl (C=O) groups is 1. The summed E-state index contributed by atoms with van der Waals surface area (Å²) in [5.41, 5.74) is 8.95. The number of hydrogen-bond donors (Lipinski definition) is 0. The van der Waals surface area contributed by atoms with Gasteiger partial charge in [0.05, 0.1) is 18.2 Å². The molecule has 6 aromatic rings. The zero-order valence-electron chi connectivity index (χ0n) is 38.1. The Hall–Kier alpha value is -5.55. The van der Waals surface area contributed by atoms with E-state index in [9.17, 15) is 0 Å². The molecule has 0 unspecified atom stereocenters. The number of benzene rings is 6. The van der Waals surface area contributed by atoms with Gasteiger partial charge >= 0.3 is 17.2 Å². The highest BCUT2D eigenvalue weighted by molar-refractivity contribution is 7.43. The molecule has 8 nitrogen and oxygen atoms in total. The minimum atomic E-state index is -2.19. The van der Waals surface area contributed by atoms with E-state index in [0.717, 1.165) is 50.9 Å². The fourth-order valence-electron chi connectivity index (χ4n) is 7.49. The van der Waals surface area contributed by atoms with Gasteiger partial charge in [0.2, 0.25) is 5.78 Å². The minimum Gasteiger partial charge on any atom is -0.497 e. The van der Waals surface area contributed by atoms with Crippen molar-refractivity contribution in [2.24, 2.45) is 0 Å². The number of rotatable bonds is 15. The second kappa shape index (κ2) is 19.9. The van der Waals surface area contributed by atoms with Gasteiger partial charge in [0.25, 0.3) is 0 Å². The first-order valence-electron chi connectivity index (χ1n) is 21.6. The van der Waals surface area contributed by atoms with Crippen LogP contribution in [-0.4, -0.2) is 12.9 Å². The lowest BCUT2D eigenvalue weighted by molar-refractivity contribution is 0.103. The minimum absolute atomic E-state index is 0.163. The predicted molar refractivity (Wildman–Crippen MR) is 255 cm³/mol. The van der Waals surface area contributed by atoms with E-state index in [1.54, 1.807) is 37.4 Å². The molecule has 1 aliphatic heterocycles. The van der Waals surface area contributed by atoms with Crippen molar-refractivity contribution in [2.75, 3.05) is 7.11 Å². The van der Waals surface area contributed by atoms with Crippen molar-refractivity contribution in [3.8, 4) is 40.2 Å². The molecule has 0 aromatic heterocycles. The second-order valence-electron chi connectivity index (χ2n) is 17.3. The van der Waals surface area contributed by atoms with Crippen molar-refractivity contribution >= 4 is 23.0 Å². The highest BCUT2D eigenvalue weighted by atomic mass is 31.2. The van der Waals surface area contributed by atoms with Gasteiger partial charge in [-0.05, 0) is 137 Å². The molecule has 0 spiro atoms. The van der Waals surface area contributed by atoms with Crippen LogP contribution >= 0.6 is 17.2 Å². The Labute approximate surface area is 375 Å². The Morgan fingerprint density at radius 2 is 1.02 bits per heavy atom.